The Bertz CT molecular complexity index is 875. The fourth-order valence-corrected chi connectivity index (χ4v) is 2.79. The van der Waals surface area contributed by atoms with Crippen molar-refractivity contribution in [3.8, 4) is 0 Å². The molecule has 7 nitrogen and oxygen atoms in total. The van der Waals surface area contributed by atoms with E-state index in [-0.39, 0.29) is 29.5 Å². The number of anilines is 1. The normalized spacial score (nSPS) is 14.3. The Morgan fingerprint density at radius 1 is 1.19 bits per heavy atom. The lowest BCUT2D eigenvalue weighted by Crippen LogP contribution is -2.29. The van der Waals surface area contributed by atoms with E-state index in [2.05, 4.69) is 5.32 Å². The van der Waals surface area contributed by atoms with Crippen LogP contribution in [-0.4, -0.2) is 28.7 Å². The largest absolute Gasteiger partial charge is 0.335 e. The van der Waals surface area contributed by atoms with Crippen LogP contribution in [0.2, 0.25) is 0 Å². The first-order valence-corrected chi connectivity index (χ1v) is 8.79. The van der Waals surface area contributed by atoms with E-state index < -0.39 is 4.92 Å². The number of nitro benzene ring substituents is 1. The summed E-state index contributed by atoms with van der Waals surface area (Å²) >= 11 is 0. The predicted octanol–water partition coefficient (Wildman–Crippen LogP) is 3.78. The molecule has 140 valence electrons. The van der Waals surface area contributed by atoms with Crippen molar-refractivity contribution in [2.24, 2.45) is 5.92 Å². The molecule has 0 spiro atoms. The van der Waals surface area contributed by atoms with Crippen LogP contribution in [0.5, 0.6) is 0 Å². The number of nitro groups is 1. The number of carbonyl (C=O) groups is 2. The molecule has 1 aliphatic rings. The molecular weight excluding hydrogens is 346 g/mol. The Hall–Kier alpha value is -3.22. The van der Waals surface area contributed by atoms with Gasteiger partial charge in [0.15, 0.2) is 0 Å². The summed E-state index contributed by atoms with van der Waals surface area (Å²) in [5.74, 6) is -0.0622. The van der Waals surface area contributed by atoms with Crippen molar-refractivity contribution < 1.29 is 14.5 Å². The smallest absolute Gasteiger partial charge is 0.269 e. The van der Waals surface area contributed by atoms with Crippen LogP contribution in [0.25, 0.3) is 0 Å². The fraction of sp³-hybridized carbons (Fsp3) is 0.300. The van der Waals surface area contributed by atoms with Gasteiger partial charge in [0, 0.05) is 36.3 Å². The summed E-state index contributed by atoms with van der Waals surface area (Å²) in [5, 5.41) is 13.8. The molecule has 2 amide bonds. The zero-order valence-electron chi connectivity index (χ0n) is 15.2. The van der Waals surface area contributed by atoms with E-state index in [1.165, 1.54) is 17.0 Å². The quantitative estimate of drug-likeness (QED) is 0.621. The van der Waals surface area contributed by atoms with Gasteiger partial charge in [-0.15, -0.1) is 0 Å². The van der Waals surface area contributed by atoms with E-state index in [4.69, 9.17) is 0 Å². The zero-order chi connectivity index (χ0) is 19.6. The molecule has 1 atom stereocenters. The summed E-state index contributed by atoms with van der Waals surface area (Å²) in [6.07, 6.45) is 1.87. The number of hydrogen-bond acceptors (Lipinski definition) is 4. The summed E-state index contributed by atoms with van der Waals surface area (Å²) in [4.78, 5) is 36.6. The highest BCUT2D eigenvalue weighted by Crippen LogP contribution is 2.30. The molecule has 0 aliphatic heterocycles. The van der Waals surface area contributed by atoms with Gasteiger partial charge in [0.25, 0.3) is 11.6 Å². The minimum Gasteiger partial charge on any atom is -0.335 e. The first kappa shape index (κ1) is 18.6. The predicted molar refractivity (Wildman–Crippen MR) is 101 cm³/mol. The van der Waals surface area contributed by atoms with Crippen LogP contribution in [0.15, 0.2) is 48.5 Å². The Balaban J connectivity index is 1.69. The highest BCUT2D eigenvalue weighted by Gasteiger charge is 2.29. The molecule has 1 N–H and O–H groups in total. The third-order valence-electron chi connectivity index (χ3n) is 4.81. The molecule has 7 heteroatoms. The number of benzene rings is 2. The van der Waals surface area contributed by atoms with Gasteiger partial charge in [-0.2, -0.15) is 0 Å². The minimum absolute atomic E-state index is 0.00374. The number of non-ortho nitro benzene ring substituents is 1. The van der Waals surface area contributed by atoms with Crippen molar-refractivity contribution >= 4 is 23.2 Å². The van der Waals surface area contributed by atoms with E-state index in [0.29, 0.717) is 16.8 Å². The van der Waals surface area contributed by atoms with Gasteiger partial charge in [-0.25, -0.2) is 0 Å². The van der Waals surface area contributed by atoms with Gasteiger partial charge in [0.05, 0.1) is 11.0 Å². The summed E-state index contributed by atoms with van der Waals surface area (Å²) in [5.41, 5.74) is 1.83. The van der Waals surface area contributed by atoms with Gasteiger partial charge in [-0.05, 0) is 49.6 Å². The first-order valence-electron chi connectivity index (χ1n) is 8.79. The number of hydrogen-bond donors (Lipinski definition) is 1. The highest BCUT2D eigenvalue weighted by molar-refractivity contribution is 5.96. The molecule has 1 aliphatic carbocycles. The molecule has 0 radical (unpaired) electrons. The maximum Gasteiger partial charge on any atom is 0.269 e. The van der Waals surface area contributed by atoms with Crippen molar-refractivity contribution in [1.29, 1.82) is 0 Å². The SMILES string of the molecule is CC(c1cccc([N+](=O)[O-])c1)N(C)C(=O)c1ccc(NC(=O)C2CC2)cc1. The van der Waals surface area contributed by atoms with Crippen LogP contribution in [0.1, 0.15) is 41.7 Å². The average molecular weight is 367 g/mol. The number of nitrogens with zero attached hydrogens (tertiary/aromatic N) is 2. The number of nitrogens with one attached hydrogen (secondary N) is 1. The molecule has 2 aromatic rings. The van der Waals surface area contributed by atoms with Gasteiger partial charge in [-0.1, -0.05) is 12.1 Å². The van der Waals surface area contributed by atoms with E-state index in [1.54, 1.807) is 43.4 Å². The maximum absolute atomic E-state index is 12.7. The second kappa shape index (κ2) is 7.57. The van der Waals surface area contributed by atoms with Gasteiger partial charge < -0.3 is 10.2 Å². The van der Waals surface area contributed by atoms with E-state index in [9.17, 15) is 19.7 Å². The Labute approximate surface area is 157 Å². The van der Waals surface area contributed by atoms with Crippen molar-refractivity contribution in [2.45, 2.75) is 25.8 Å². The third kappa shape index (κ3) is 4.31. The fourth-order valence-electron chi connectivity index (χ4n) is 2.79. The lowest BCUT2D eigenvalue weighted by molar-refractivity contribution is -0.384. The molecule has 1 fully saturated rings. The molecule has 0 heterocycles. The van der Waals surface area contributed by atoms with Crippen LogP contribution in [-0.2, 0) is 4.79 Å². The molecule has 0 bridgehead atoms. The van der Waals surface area contributed by atoms with Crippen LogP contribution in [0.4, 0.5) is 11.4 Å². The zero-order valence-corrected chi connectivity index (χ0v) is 15.2. The maximum atomic E-state index is 12.7. The van der Waals surface area contributed by atoms with Crippen LogP contribution < -0.4 is 5.32 Å². The summed E-state index contributed by atoms with van der Waals surface area (Å²) in [7, 11) is 1.66. The third-order valence-corrected chi connectivity index (χ3v) is 4.81. The molecule has 2 aromatic carbocycles. The Kier molecular flexibility index (Phi) is 5.21. The molecule has 1 unspecified atom stereocenters. The molecule has 1 saturated carbocycles. The molecular formula is C20H21N3O4. The second-order valence-corrected chi connectivity index (χ2v) is 6.79. The van der Waals surface area contributed by atoms with Crippen LogP contribution in [0, 0.1) is 16.0 Å². The standard InChI is InChI=1S/C20H21N3O4/c1-13(16-4-3-5-18(12-16)23(26)27)22(2)20(25)15-8-10-17(11-9-15)21-19(24)14-6-7-14/h3-5,8-14H,6-7H2,1-2H3,(H,21,24). The van der Waals surface area contributed by atoms with E-state index in [1.807, 2.05) is 6.92 Å². The van der Waals surface area contributed by atoms with Crippen LogP contribution in [0.3, 0.4) is 0 Å². The second-order valence-electron chi connectivity index (χ2n) is 6.79. The lowest BCUT2D eigenvalue weighted by Gasteiger charge is -2.25. The first-order chi connectivity index (χ1) is 12.9. The van der Waals surface area contributed by atoms with Gasteiger partial charge >= 0.3 is 0 Å². The van der Waals surface area contributed by atoms with Gasteiger partial charge in [-0.3, -0.25) is 19.7 Å². The lowest BCUT2D eigenvalue weighted by atomic mass is 10.1. The van der Waals surface area contributed by atoms with Crippen molar-refractivity contribution in [1.82, 2.24) is 4.90 Å². The van der Waals surface area contributed by atoms with Crippen molar-refractivity contribution in [3.63, 3.8) is 0 Å². The highest BCUT2D eigenvalue weighted by atomic mass is 16.6. The van der Waals surface area contributed by atoms with Gasteiger partial charge in [0.1, 0.15) is 0 Å². The molecule has 0 aromatic heterocycles. The topological polar surface area (TPSA) is 92.6 Å². The van der Waals surface area contributed by atoms with E-state index in [0.717, 1.165) is 12.8 Å². The van der Waals surface area contributed by atoms with Crippen molar-refractivity contribution in [3.05, 3.63) is 69.8 Å². The minimum atomic E-state index is -0.452. The molecule has 27 heavy (non-hydrogen) atoms. The summed E-state index contributed by atoms with van der Waals surface area (Å²) in [6, 6.07) is 12.7. The van der Waals surface area contributed by atoms with Crippen molar-refractivity contribution in [2.75, 3.05) is 12.4 Å². The van der Waals surface area contributed by atoms with E-state index >= 15 is 0 Å². The Morgan fingerprint density at radius 2 is 1.85 bits per heavy atom. The average Bonchev–Trinajstić information content (AvgIpc) is 3.52. The molecule has 3 rings (SSSR count). The monoisotopic (exact) mass is 367 g/mol. The summed E-state index contributed by atoms with van der Waals surface area (Å²) < 4.78 is 0. The molecule has 0 saturated heterocycles. The number of rotatable bonds is 6. The van der Waals surface area contributed by atoms with Gasteiger partial charge in [0.2, 0.25) is 5.91 Å². The number of amides is 2. The van der Waals surface area contributed by atoms with Crippen LogP contribution >= 0.6 is 0 Å². The Morgan fingerprint density at radius 3 is 2.44 bits per heavy atom. The number of carbonyl (C=O) groups excluding carboxylic acids is 2. The summed E-state index contributed by atoms with van der Waals surface area (Å²) in [6.45, 7) is 1.82.